The fourth-order valence-electron chi connectivity index (χ4n) is 2.68. The van der Waals surface area contributed by atoms with Crippen molar-refractivity contribution in [3.8, 4) is 11.5 Å². The van der Waals surface area contributed by atoms with Gasteiger partial charge in [0.25, 0.3) is 0 Å². The first kappa shape index (κ1) is 15.1. The van der Waals surface area contributed by atoms with E-state index in [1.165, 1.54) is 5.56 Å². The van der Waals surface area contributed by atoms with E-state index in [1.807, 2.05) is 18.2 Å². The van der Waals surface area contributed by atoms with E-state index in [0.29, 0.717) is 5.75 Å². The van der Waals surface area contributed by atoms with Gasteiger partial charge < -0.3 is 19.9 Å². The number of aliphatic hydroxyl groups excluding tert-OH is 1. The second-order valence-electron chi connectivity index (χ2n) is 5.34. The van der Waals surface area contributed by atoms with Gasteiger partial charge in [0.2, 0.25) is 0 Å². The van der Waals surface area contributed by atoms with Crippen molar-refractivity contribution in [2.45, 2.75) is 51.4 Å². The van der Waals surface area contributed by atoms with Crippen LogP contribution in [0.1, 0.15) is 44.7 Å². The van der Waals surface area contributed by atoms with Gasteiger partial charge >= 0.3 is 0 Å². The molecular weight excluding hydrogens is 254 g/mol. The van der Waals surface area contributed by atoms with Gasteiger partial charge in [0.05, 0.1) is 13.2 Å². The number of hydrogen-bond acceptors (Lipinski definition) is 4. The third-order valence-electron chi connectivity index (χ3n) is 3.89. The Labute approximate surface area is 121 Å². The minimum atomic E-state index is -0.361. The molecule has 1 aliphatic carbocycles. The molecule has 2 N–H and O–H groups in total. The van der Waals surface area contributed by atoms with E-state index >= 15 is 0 Å². The number of methoxy groups -OCH3 is 1. The van der Waals surface area contributed by atoms with E-state index in [-0.39, 0.29) is 18.2 Å². The van der Waals surface area contributed by atoms with E-state index in [1.54, 1.807) is 7.11 Å². The van der Waals surface area contributed by atoms with Gasteiger partial charge in [-0.1, -0.05) is 13.0 Å². The summed E-state index contributed by atoms with van der Waals surface area (Å²) in [4.78, 5) is 0. The Bertz CT molecular complexity index is 436. The molecule has 3 atom stereocenters. The van der Waals surface area contributed by atoms with Gasteiger partial charge in [0, 0.05) is 6.04 Å². The Hall–Kier alpha value is -1.26. The van der Waals surface area contributed by atoms with Crippen LogP contribution >= 0.6 is 0 Å². The van der Waals surface area contributed by atoms with E-state index in [0.717, 1.165) is 31.6 Å². The SMILES string of the molecule is CCNC(C)c1ccc(OC2CCCC2O)c(OC)c1. The summed E-state index contributed by atoms with van der Waals surface area (Å²) in [6.45, 7) is 5.14. The van der Waals surface area contributed by atoms with Gasteiger partial charge in [-0.05, 0) is 50.4 Å². The zero-order valence-corrected chi connectivity index (χ0v) is 12.6. The highest BCUT2D eigenvalue weighted by Crippen LogP contribution is 2.33. The summed E-state index contributed by atoms with van der Waals surface area (Å²) in [5, 5.41) is 13.2. The zero-order chi connectivity index (χ0) is 14.5. The first-order chi connectivity index (χ1) is 9.65. The molecule has 4 heteroatoms. The fourth-order valence-corrected chi connectivity index (χ4v) is 2.68. The molecule has 4 nitrogen and oxygen atoms in total. The molecule has 0 radical (unpaired) electrons. The van der Waals surface area contributed by atoms with E-state index < -0.39 is 0 Å². The van der Waals surface area contributed by atoms with Crippen molar-refractivity contribution in [1.82, 2.24) is 5.32 Å². The number of ether oxygens (including phenoxy) is 2. The van der Waals surface area contributed by atoms with Gasteiger partial charge in [0.15, 0.2) is 11.5 Å². The number of aliphatic hydroxyl groups is 1. The highest BCUT2D eigenvalue weighted by molar-refractivity contribution is 5.44. The number of hydrogen-bond donors (Lipinski definition) is 2. The molecule has 1 fully saturated rings. The average Bonchev–Trinajstić information content (AvgIpc) is 2.85. The topological polar surface area (TPSA) is 50.7 Å². The van der Waals surface area contributed by atoms with Crippen molar-refractivity contribution in [3.05, 3.63) is 23.8 Å². The van der Waals surface area contributed by atoms with Crippen LogP contribution in [-0.4, -0.2) is 31.0 Å². The van der Waals surface area contributed by atoms with E-state index in [9.17, 15) is 5.11 Å². The highest BCUT2D eigenvalue weighted by Gasteiger charge is 2.27. The Morgan fingerprint density at radius 2 is 2.15 bits per heavy atom. The lowest BCUT2D eigenvalue weighted by molar-refractivity contribution is 0.0586. The van der Waals surface area contributed by atoms with Gasteiger partial charge in [0.1, 0.15) is 6.10 Å². The lowest BCUT2D eigenvalue weighted by Crippen LogP contribution is -2.25. The molecular formula is C16H25NO3. The molecule has 1 saturated carbocycles. The molecule has 3 unspecified atom stereocenters. The molecule has 0 bridgehead atoms. The predicted octanol–water partition coefficient (Wildman–Crippen LogP) is 2.66. The van der Waals surface area contributed by atoms with Crippen molar-refractivity contribution in [3.63, 3.8) is 0 Å². The summed E-state index contributed by atoms with van der Waals surface area (Å²) in [5.41, 5.74) is 1.17. The molecule has 0 spiro atoms. The normalized spacial score (nSPS) is 23.6. The maximum atomic E-state index is 9.85. The van der Waals surface area contributed by atoms with Crippen molar-refractivity contribution >= 4 is 0 Å². The van der Waals surface area contributed by atoms with Crippen LogP contribution in [-0.2, 0) is 0 Å². The molecule has 0 amide bonds. The van der Waals surface area contributed by atoms with Crippen molar-refractivity contribution in [2.75, 3.05) is 13.7 Å². The molecule has 1 aromatic rings. The predicted molar refractivity (Wildman–Crippen MR) is 79.4 cm³/mol. The smallest absolute Gasteiger partial charge is 0.161 e. The van der Waals surface area contributed by atoms with Crippen molar-refractivity contribution in [2.24, 2.45) is 0 Å². The summed E-state index contributed by atoms with van der Waals surface area (Å²) in [6, 6.07) is 6.27. The molecule has 0 aromatic heterocycles. The first-order valence-electron chi connectivity index (χ1n) is 7.41. The van der Waals surface area contributed by atoms with E-state index in [2.05, 4.69) is 19.2 Å². The lowest BCUT2D eigenvalue weighted by Gasteiger charge is -2.20. The first-order valence-corrected chi connectivity index (χ1v) is 7.41. The van der Waals surface area contributed by atoms with Gasteiger partial charge in [-0.25, -0.2) is 0 Å². The maximum absolute atomic E-state index is 9.85. The third kappa shape index (κ3) is 3.44. The molecule has 0 saturated heterocycles. The van der Waals surface area contributed by atoms with Crippen LogP contribution in [0.25, 0.3) is 0 Å². The Balaban J connectivity index is 2.13. The minimum Gasteiger partial charge on any atom is -0.493 e. The molecule has 0 aliphatic heterocycles. The van der Waals surface area contributed by atoms with Gasteiger partial charge in [-0.3, -0.25) is 0 Å². The quantitative estimate of drug-likeness (QED) is 0.840. The highest BCUT2D eigenvalue weighted by atomic mass is 16.5. The average molecular weight is 279 g/mol. The second kappa shape index (κ2) is 6.95. The van der Waals surface area contributed by atoms with Gasteiger partial charge in [-0.2, -0.15) is 0 Å². The number of rotatable bonds is 6. The maximum Gasteiger partial charge on any atom is 0.161 e. The summed E-state index contributed by atoms with van der Waals surface area (Å²) in [7, 11) is 1.65. The Morgan fingerprint density at radius 3 is 2.75 bits per heavy atom. The molecule has 2 rings (SSSR count). The molecule has 0 heterocycles. The molecule has 1 aromatic carbocycles. The van der Waals surface area contributed by atoms with Crippen LogP contribution in [0.2, 0.25) is 0 Å². The Morgan fingerprint density at radius 1 is 1.35 bits per heavy atom. The summed E-state index contributed by atoms with van der Waals surface area (Å²) in [6.07, 6.45) is 2.27. The monoisotopic (exact) mass is 279 g/mol. The summed E-state index contributed by atoms with van der Waals surface area (Å²) < 4.78 is 11.3. The zero-order valence-electron chi connectivity index (χ0n) is 12.6. The fraction of sp³-hybridized carbons (Fsp3) is 0.625. The largest absolute Gasteiger partial charge is 0.493 e. The number of benzene rings is 1. The Kier molecular flexibility index (Phi) is 5.26. The van der Waals surface area contributed by atoms with Crippen LogP contribution in [0.3, 0.4) is 0 Å². The van der Waals surface area contributed by atoms with Crippen LogP contribution in [0.5, 0.6) is 11.5 Å². The van der Waals surface area contributed by atoms with Crippen LogP contribution in [0.15, 0.2) is 18.2 Å². The second-order valence-corrected chi connectivity index (χ2v) is 5.34. The lowest BCUT2D eigenvalue weighted by atomic mass is 10.1. The summed E-state index contributed by atoms with van der Waals surface area (Å²) >= 11 is 0. The number of nitrogens with one attached hydrogen (secondary N) is 1. The van der Waals surface area contributed by atoms with E-state index in [4.69, 9.17) is 9.47 Å². The van der Waals surface area contributed by atoms with Crippen LogP contribution in [0.4, 0.5) is 0 Å². The van der Waals surface area contributed by atoms with Crippen molar-refractivity contribution < 1.29 is 14.6 Å². The van der Waals surface area contributed by atoms with Crippen molar-refractivity contribution in [1.29, 1.82) is 0 Å². The minimum absolute atomic E-state index is 0.110. The summed E-state index contributed by atoms with van der Waals surface area (Å²) in [5.74, 6) is 1.44. The molecule has 112 valence electrons. The molecule has 20 heavy (non-hydrogen) atoms. The van der Waals surface area contributed by atoms with Crippen LogP contribution in [0, 0.1) is 0 Å². The standard InChI is InChI=1S/C16H25NO3/c1-4-17-11(2)12-8-9-15(16(10-12)19-3)20-14-7-5-6-13(14)18/h8-11,13-14,17-18H,4-7H2,1-3H3. The molecule has 1 aliphatic rings. The van der Waals surface area contributed by atoms with Crippen LogP contribution < -0.4 is 14.8 Å². The van der Waals surface area contributed by atoms with Gasteiger partial charge in [-0.15, -0.1) is 0 Å². The third-order valence-corrected chi connectivity index (χ3v) is 3.89.